The molecule has 11 heteroatoms. The van der Waals surface area contributed by atoms with Crippen LogP contribution in [0.25, 0.3) is 0 Å². The molecule has 2 aromatic heterocycles. The quantitative estimate of drug-likeness (QED) is 0.685. The van der Waals surface area contributed by atoms with E-state index < -0.39 is 15.9 Å². The molecule has 0 aromatic carbocycles. The van der Waals surface area contributed by atoms with Crippen LogP contribution in [0.4, 0.5) is 5.69 Å². The number of nitrogens with one attached hydrogen (secondary N) is 2. The molecule has 1 aliphatic heterocycles. The standard InChI is InChI=1S/C18H25N5O5S/c1-3-22-12-15(16(21-22)18(25)19-11-14-5-4-10-28-14)20-17(24)13-6-8-23(9-7-13)29(2,26)27/h4-5,10,12-13H,3,6-9,11H2,1-2H3,(H,19,25)(H,20,24). The van der Waals surface area contributed by atoms with Crippen LogP contribution < -0.4 is 10.6 Å². The van der Waals surface area contributed by atoms with Gasteiger partial charge in [-0.2, -0.15) is 5.10 Å². The number of anilines is 1. The Kier molecular flexibility index (Phi) is 6.38. The van der Waals surface area contributed by atoms with Gasteiger partial charge in [0.1, 0.15) is 5.76 Å². The zero-order valence-electron chi connectivity index (χ0n) is 16.4. The Labute approximate surface area is 169 Å². The Bertz CT molecular complexity index is 959. The molecule has 1 aliphatic rings. The predicted octanol–water partition coefficient (Wildman–Crippen LogP) is 1.04. The van der Waals surface area contributed by atoms with E-state index in [9.17, 15) is 18.0 Å². The van der Waals surface area contributed by atoms with Crippen molar-refractivity contribution in [2.75, 3.05) is 24.7 Å². The van der Waals surface area contributed by atoms with Crippen molar-refractivity contribution in [1.29, 1.82) is 0 Å². The molecule has 0 radical (unpaired) electrons. The van der Waals surface area contributed by atoms with Crippen LogP contribution in [-0.4, -0.2) is 53.7 Å². The maximum absolute atomic E-state index is 12.7. The Balaban J connectivity index is 1.64. The maximum Gasteiger partial charge on any atom is 0.274 e. The number of rotatable bonds is 7. The van der Waals surface area contributed by atoms with Crippen molar-refractivity contribution in [3.8, 4) is 0 Å². The van der Waals surface area contributed by atoms with Gasteiger partial charge in [-0.05, 0) is 31.9 Å². The number of amides is 2. The summed E-state index contributed by atoms with van der Waals surface area (Å²) in [6.07, 6.45) is 5.17. The van der Waals surface area contributed by atoms with Gasteiger partial charge in [0.25, 0.3) is 5.91 Å². The van der Waals surface area contributed by atoms with Crippen molar-refractivity contribution in [3.05, 3.63) is 36.0 Å². The average Bonchev–Trinajstić information content (AvgIpc) is 3.35. The van der Waals surface area contributed by atoms with Gasteiger partial charge in [0.15, 0.2) is 5.69 Å². The number of piperidine rings is 1. The van der Waals surface area contributed by atoms with Gasteiger partial charge in [-0.3, -0.25) is 14.3 Å². The van der Waals surface area contributed by atoms with Crippen molar-refractivity contribution >= 4 is 27.5 Å². The lowest BCUT2D eigenvalue weighted by Crippen LogP contribution is -2.41. The monoisotopic (exact) mass is 423 g/mol. The molecule has 1 saturated heterocycles. The van der Waals surface area contributed by atoms with E-state index in [0.29, 0.717) is 43.9 Å². The minimum Gasteiger partial charge on any atom is -0.467 e. The van der Waals surface area contributed by atoms with E-state index in [-0.39, 0.29) is 24.1 Å². The van der Waals surface area contributed by atoms with E-state index in [1.165, 1.54) is 16.8 Å². The maximum atomic E-state index is 12.7. The summed E-state index contributed by atoms with van der Waals surface area (Å²) < 4.78 is 31.4. The first-order valence-corrected chi connectivity index (χ1v) is 11.3. The molecule has 158 valence electrons. The number of aromatic nitrogens is 2. The Morgan fingerprint density at radius 3 is 2.62 bits per heavy atom. The molecule has 0 bridgehead atoms. The molecule has 2 amide bonds. The van der Waals surface area contributed by atoms with Crippen LogP contribution >= 0.6 is 0 Å². The molecule has 0 spiro atoms. The normalized spacial score (nSPS) is 15.9. The highest BCUT2D eigenvalue weighted by molar-refractivity contribution is 7.88. The molecular weight excluding hydrogens is 398 g/mol. The van der Waals surface area contributed by atoms with Crippen molar-refractivity contribution in [1.82, 2.24) is 19.4 Å². The number of sulfonamides is 1. The summed E-state index contributed by atoms with van der Waals surface area (Å²) in [7, 11) is -3.25. The Hall–Kier alpha value is -2.66. The Morgan fingerprint density at radius 1 is 1.31 bits per heavy atom. The summed E-state index contributed by atoms with van der Waals surface area (Å²) in [4.78, 5) is 25.2. The number of furan rings is 1. The van der Waals surface area contributed by atoms with E-state index in [4.69, 9.17) is 4.42 Å². The van der Waals surface area contributed by atoms with Gasteiger partial charge in [-0.25, -0.2) is 12.7 Å². The van der Waals surface area contributed by atoms with Gasteiger partial charge in [0.2, 0.25) is 15.9 Å². The van der Waals surface area contributed by atoms with Gasteiger partial charge < -0.3 is 15.1 Å². The predicted molar refractivity (Wildman–Crippen MR) is 106 cm³/mol. The lowest BCUT2D eigenvalue weighted by Gasteiger charge is -2.29. The number of carbonyl (C=O) groups excluding carboxylic acids is 2. The van der Waals surface area contributed by atoms with Crippen LogP contribution in [0.2, 0.25) is 0 Å². The van der Waals surface area contributed by atoms with Crippen molar-refractivity contribution in [3.63, 3.8) is 0 Å². The summed E-state index contributed by atoms with van der Waals surface area (Å²) in [5.74, 6) is -0.377. The summed E-state index contributed by atoms with van der Waals surface area (Å²) in [5, 5.41) is 9.75. The zero-order chi connectivity index (χ0) is 21.0. The first-order chi connectivity index (χ1) is 13.8. The number of aryl methyl sites for hydroxylation is 1. The lowest BCUT2D eigenvalue weighted by atomic mass is 9.97. The highest BCUT2D eigenvalue weighted by atomic mass is 32.2. The fourth-order valence-corrected chi connectivity index (χ4v) is 4.07. The van der Waals surface area contributed by atoms with Crippen LogP contribution in [0.1, 0.15) is 36.0 Å². The molecule has 1 fully saturated rings. The molecule has 3 heterocycles. The van der Waals surface area contributed by atoms with E-state index >= 15 is 0 Å². The molecule has 2 aromatic rings. The summed E-state index contributed by atoms with van der Waals surface area (Å²) in [6, 6.07) is 3.48. The summed E-state index contributed by atoms with van der Waals surface area (Å²) >= 11 is 0. The first-order valence-electron chi connectivity index (χ1n) is 9.42. The molecule has 3 rings (SSSR count). The topological polar surface area (TPSA) is 127 Å². The van der Waals surface area contributed by atoms with Gasteiger partial charge in [0, 0.05) is 31.7 Å². The van der Waals surface area contributed by atoms with Crippen LogP contribution in [0.5, 0.6) is 0 Å². The lowest BCUT2D eigenvalue weighted by molar-refractivity contribution is -0.120. The molecule has 10 nitrogen and oxygen atoms in total. The summed E-state index contributed by atoms with van der Waals surface area (Å²) in [6.45, 7) is 3.25. The second-order valence-corrected chi connectivity index (χ2v) is 8.92. The van der Waals surface area contributed by atoms with Gasteiger partial charge >= 0.3 is 0 Å². The van der Waals surface area contributed by atoms with Gasteiger partial charge in [-0.1, -0.05) is 0 Å². The zero-order valence-corrected chi connectivity index (χ0v) is 17.2. The van der Waals surface area contributed by atoms with E-state index in [1.807, 2.05) is 6.92 Å². The third-order valence-corrected chi connectivity index (χ3v) is 6.16. The highest BCUT2D eigenvalue weighted by Gasteiger charge is 2.30. The molecular formula is C18H25N5O5S. The second-order valence-electron chi connectivity index (χ2n) is 6.93. The van der Waals surface area contributed by atoms with Crippen molar-refractivity contribution in [2.45, 2.75) is 32.9 Å². The smallest absolute Gasteiger partial charge is 0.274 e. The van der Waals surface area contributed by atoms with Crippen LogP contribution in [-0.2, 0) is 27.9 Å². The minimum atomic E-state index is -3.25. The highest BCUT2D eigenvalue weighted by Crippen LogP contribution is 2.22. The molecule has 29 heavy (non-hydrogen) atoms. The molecule has 0 atom stereocenters. The number of carbonyl (C=O) groups is 2. The van der Waals surface area contributed by atoms with E-state index in [0.717, 1.165) is 0 Å². The van der Waals surface area contributed by atoms with Crippen LogP contribution in [0.15, 0.2) is 29.0 Å². The van der Waals surface area contributed by atoms with Gasteiger partial charge in [-0.15, -0.1) is 0 Å². The van der Waals surface area contributed by atoms with E-state index in [2.05, 4.69) is 15.7 Å². The average molecular weight is 423 g/mol. The SMILES string of the molecule is CCn1cc(NC(=O)C2CCN(S(C)(=O)=O)CC2)c(C(=O)NCc2ccco2)n1. The molecule has 2 N–H and O–H groups in total. The largest absolute Gasteiger partial charge is 0.467 e. The van der Waals surface area contributed by atoms with Crippen molar-refractivity contribution < 1.29 is 22.4 Å². The summed E-state index contributed by atoms with van der Waals surface area (Å²) in [5.41, 5.74) is 0.458. The molecule has 0 unspecified atom stereocenters. The third-order valence-electron chi connectivity index (χ3n) is 4.86. The minimum absolute atomic E-state index is 0.125. The number of hydrogen-bond donors (Lipinski definition) is 2. The fraction of sp³-hybridized carbons (Fsp3) is 0.500. The fourth-order valence-electron chi connectivity index (χ4n) is 3.19. The van der Waals surface area contributed by atoms with Crippen molar-refractivity contribution in [2.24, 2.45) is 5.92 Å². The molecule has 0 aliphatic carbocycles. The third kappa shape index (κ3) is 5.24. The number of nitrogens with zero attached hydrogens (tertiary/aromatic N) is 3. The Morgan fingerprint density at radius 2 is 2.03 bits per heavy atom. The van der Waals surface area contributed by atoms with Crippen LogP contribution in [0.3, 0.4) is 0 Å². The van der Waals surface area contributed by atoms with Gasteiger partial charge in [0.05, 0.1) is 24.8 Å². The first kappa shape index (κ1) is 21.1. The number of hydrogen-bond acceptors (Lipinski definition) is 6. The van der Waals surface area contributed by atoms with Crippen LogP contribution in [0, 0.1) is 5.92 Å². The van der Waals surface area contributed by atoms with E-state index in [1.54, 1.807) is 23.0 Å². The second kappa shape index (κ2) is 8.78. The molecule has 0 saturated carbocycles.